The first-order valence-corrected chi connectivity index (χ1v) is 14.1. The van der Waals surface area contributed by atoms with Gasteiger partial charge in [-0.25, -0.2) is 13.4 Å². The topological polar surface area (TPSA) is 106 Å². The number of sulfonamides is 1. The number of likely N-dealkylation sites (tertiary alicyclic amines) is 1. The Balaban J connectivity index is 1.24. The molecule has 2 aliphatic rings. The Labute approximate surface area is 206 Å². The molecule has 0 unspecified atom stereocenters. The monoisotopic (exact) mass is 519 g/mol. The van der Waals surface area contributed by atoms with Gasteiger partial charge >= 0.3 is 0 Å². The van der Waals surface area contributed by atoms with E-state index in [1.807, 2.05) is 11.8 Å². The van der Waals surface area contributed by atoms with E-state index in [1.165, 1.54) is 30.0 Å². The van der Waals surface area contributed by atoms with E-state index in [0.717, 1.165) is 34.8 Å². The summed E-state index contributed by atoms with van der Waals surface area (Å²) < 4.78 is 36.9. The van der Waals surface area contributed by atoms with Gasteiger partial charge < -0.3 is 9.64 Å². The number of thiazole rings is 1. The van der Waals surface area contributed by atoms with Crippen molar-refractivity contribution in [3.63, 3.8) is 0 Å². The highest BCUT2D eigenvalue weighted by molar-refractivity contribution is 7.89. The number of aryl methyl sites for hydroxylation is 1. The van der Waals surface area contributed by atoms with Crippen LogP contribution in [0.25, 0.3) is 9.88 Å². The second kappa shape index (κ2) is 8.99. The van der Waals surface area contributed by atoms with Crippen molar-refractivity contribution in [1.29, 1.82) is 0 Å². The molecule has 12 heteroatoms. The Morgan fingerprint density at radius 3 is 2.65 bits per heavy atom. The summed E-state index contributed by atoms with van der Waals surface area (Å²) in [5, 5.41) is 6.58. The highest BCUT2D eigenvalue weighted by Crippen LogP contribution is 2.42. The maximum Gasteiger partial charge on any atom is 0.273 e. The van der Waals surface area contributed by atoms with Crippen LogP contribution in [0.5, 0.6) is 5.75 Å². The van der Waals surface area contributed by atoms with Gasteiger partial charge in [-0.15, -0.1) is 16.4 Å². The molecule has 2 aliphatic heterocycles. The third-order valence-corrected chi connectivity index (χ3v) is 10.5. The first-order valence-electron chi connectivity index (χ1n) is 11.0. The zero-order valence-electron chi connectivity index (χ0n) is 18.9. The molecule has 1 aromatic carbocycles. The van der Waals surface area contributed by atoms with E-state index >= 15 is 0 Å². The van der Waals surface area contributed by atoms with Gasteiger partial charge in [-0.3, -0.25) is 4.79 Å². The van der Waals surface area contributed by atoms with Crippen LogP contribution in [0.3, 0.4) is 0 Å². The van der Waals surface area contributed by atoms with Crippen molar-refractivity contribution in [3.8, 4) is 15.6 Å². The minimum Gasteiger partial charge on any atom is -0.497 e. The van der Waals surface area contributed by atoms with Gasteiger partial charge in [0.15, 0.2) is 0 Å². The molecule has 5 rings (SSSR count). The molecule has 0 saturated carbocycles. The van der Waals surface area contributed by atoms with Crippen LogP contribution in [-0.2, 0) is 10.0 Å². The Bertz CT molecular complexity index is 1310. The number of carbonyl (C=O) groups excluding carboxylic acids is 1. The van der Waals surface area contributed by atoms with Gasteiger partial charge in [-0.2, -0.15) is 4.31 Å². The third kappa shape index (κ3) is 4.23. The smallest absolute Gasteiger partial charge is 0.273 e. The lowest BCUT2D eigenvalue weighted by Gasteiger charge is -2.38. The lowest BCUT2D eigenvalue weighted by atomic mass is 9.78. The minimum absolute atomic E-state index is 0.0485. The number of rotatable bonds is 5. The van der Waals surface area contributed by atoms with E-state index in [1.54, 1.807) is 34.0 Å². The second-order valence-electron chi connectivity index (χ2n) is 8.79. The van der Waals surface area contributed by atoms with Crippen molar-refractivity contribution in [2.75, 3.05) is 33.3 Å². The molecular formula is C22H25N5O4S3. The second-order valence-corrected chi connectivity index (χ2v) is 12.3. The molecule has 1 spiro atoms. The molecule has 9 nitrogen and oxygen atoms in total. The molecule has 0 radical (unpaired) electrons. The number of methoxy groups -OCH3 is 1. The third-order valence-electron chi connectivity index (χ3n) is 6.76. The van der Waals surface area contributed by atoms with Gasteiger partial charge in [-0.05, 0) is 55.3 Å². The molecular weight excluding hydrogens is 494 g/mol. The van der Waals surface area contributed by atoms with Crippen LogP contribution in [0.2, 0.25) is 0 Å². The van der Waals surface area contributed by atoms with Crippen LogP contribution in [-0.4, -0.2) is 71.4 Å². The zero-order chi connectivity index (χ0) is 23.9. The van der Waals surface area contributed by atoms with Crippen LogP contribution in [0.4, 0.5) is 0 Å². The van der Waals surface area contributed by atoms with Gasteiger partial charge in [0.2, 0.25) is 10.0 Å². The number of piperidine rings is 1. The van der Waals surface area contributed by atoms with Crippen molar-refractivity contribution in [3.05, 3.63) is 41.0 Å². The lowest BCUT2D eigenvalue weighted by Crippen LogP contribution is -2.44. The van der Waals surface area contributed by atoms with Crippen molar-refractivity contribution in [2.24, 2.45) is 5.41 Å². The fourth-order valence-corrected chi connectivity index (χ4v) is 7.75. The number of benzene rings is 1. The van der Waals surface area contributed by atoms with E-state index in [-0.39, 0.29) is 16.2 Å². The maximum absolute atomic E-state index is 13.1. The number of amides is 1. The number of nitrogens with zero attached hydrogens (tertiary/aromatic N) is 5. The summed E-state index contributed by atoms with van der Waals surface area (Å²) in [5.41, 5.74) is 1.21. The first kappa shape index (κ1) is 23.3. The highest BCUT2D eigenvalue weighted by Gasteiger charge is 2.44. The molecule has 0 bridgehead atoms. The SMILES string of the molecule is COc1cccc(S(=O)(=O)N2CCC3(CCN(C(=O)c4csc(-c5snnc5C)n4)C3)CC2)c1. The van der Waals surface area contributed by atoms with Gasteiger partial charge in [0, 0.05) is 37.6 Å². The van der Waals surface area contributed by atoms with Crippen molar-refractivity contribution < 1.29 is 17.9 Å². The molecule has 2 fully saturated rings. The molecule has 180 valence electrons. The van der Waals surface area contributed by atoms with Crippen LogP contribution in [0.15, 0.2) is 34.5 Å². The quantitative estimate of drug-likeness (QED) is 0.509. The number of hydrogen-bond donors (Lipinski definition) is 0. The Hall–Kier alpha value is -2.41. The molecule has 2 saturated heterocycles. The predicted molar refractivity (Wildman–Crippen MR) is 130 cm³/mol. The Morgan fingerprint density at radius 1 is 1.18 bits per heavy atom. The molecule has 3 aromatic rings. The largest absolute Gasteiger partial charge is 0.497 e. The Morgan fingerprint density at radius 2 is 1.94 bits per heavy atom. The van der Waals surface area contributed by atoms with Crippen LogP contribution in [0, 0.1) is 12.3 Å². The first-order chi connectivity index (χ1) is 16.3. The lowest BCUT2D eigenvalue weighted by molar-refractivity contribution is 0.0746. The molecule has 0 aliphatic carbocycles. The van der Waals surface area contributed by atoms with Gasteiger partial charge in [-0.1, -0.05) is 10.6 Å². The molecule has 34 heavy (non-hydrogen) atoms. The van der Waals surface area contributed by atoms with Crippen molar-refractivity contribution >= 4 is 38.8 Å². The Kier molecular flexibility index (Phi) is 6.17. The molecule has 0 N–H and O–H groups in total. The highest BCUT2D eigenvalue weighted by atomic mass is 32.2. The van der Waals surface area contributed by atoms with E-state index in [0.29, 0.717) is 37.6 Å². The minimum atomic E-state index is -3.58. The summed E-state index contributed by atoms with van der Waals surface area (Å²) in [6.45, 7) is 4.06. The summed E-state index contributed by atoms with van der Waals surface area (Å²) in [7, 11) is -2.06. The normalized spacial score (nSPS) is 18.5. The zero-order valence-corrected chi connectivity index (χ0v) is 21.4. The number of ether oxygens (including phenoxy) is 1. The van der Waals surface area contributed by atoms with E-state index in [2.05, 4.69) is 14.6 Å². The number of aromatic nitrogens is 3. The summed E-state index contributed by atoms with van der Waals surface area (Å²) in [4.78, 5) is 20.7. The summed E-state index contributed by atoms with van der Waals surface area (Å²) in [6, 6.07) is 6.58. The standard InChI is InChI=1S/C22H25N5O4S3/c1-15-19(33-25-24-15)20-23-18(13-32-20)21(28)26-9-6-22(14-26)7-10-27(11-8-22)34(29,30)17-5-3-4-16(12-17)31-2/h3-5,12-13H,6-11,14H2,1-2H3. The number of carbonyl (C=O) groups is 1. The molecule has 2 aromatic heterocycles. The van der Waals surface area contributed by atoms with E-state index in [9.17, 15) is 13.2 Å². The maximum atomic E-state index is 13.1. The van der Waals surface area contributed by atoms with E-state index < -0.39 is 10.0 Å². The van der Waals surface area contributed by atoms with Crippen molar-refractivity contribution in [2.45, 2.75) is 31.1 Å². The molecule has 1 amide bonds. The van der Waals surface area contributed by atoms with E-state index in [4.69, 9.17) is 4.74 Å². The van der Waals surface area contributed by atoms with Gasteiger partial charge in [0.1, 0.15) is 21.3 Å². The summed E-state index contributed by atoms with van der Waals surface area (Å²) >= 11 is 2.71. The fraction of sp³-hybridized carbons (Fsp3) is 0.455. The summed E-state index contributed by atoms with van der Waals surface area (Å²) in [6.07, 6.45) is 2.34. The summed E-state index contributed by atoms with van der Waals surface area (Å²) in [5.74, 6) is 0.451. The van der Waals surface area contributed by atoms with Crippen LogP contribution >= 0.6 is 22.9 Å². The fourth-order valence-electron chi connectivity index (χ4n) is 4.69. The predicted octanol–water partition coefficient (Wildman–Crippen LogP) is 3.30. The average Bonchev–Trinajstić information content (AvgIpc) is 3.59. The van der Waals surface area contributed by atoms with Crippen LogP contribution in [0.1, 0.15) is 35.4 Å². The number of hydrogen-bond acceptors (Lipinski definition) is 9. The van der Waals surface area contributed by atoms with Crippen LogP contribution < -0.4 is 4.74 Å². The van der Waals surface area contributed by atoms with Gasteiger partial charge in [0.25, 0.3) is 5.91 Å². The average molecular weight is 520 g/mol. The van der Waals surface area contributed by atoms with Gasteiger partial charge in [0.05, 0.1) is 17.7 Å². The molecule has 4 heterocycles. The molecule has 0 atom stereocenters. The van der Waals surface area contributed by atoms with Crippen molar-refractivity contribution in [1.82, 2.24) is 23.8 Å².